The maximum absolute atomic E-state index is 5.81. The minimum Gasteiger partial charge on any atom is -0.376 e. The normalized spacial score (nSPS) is 29.8. The number of tetrazole rings is 1. The monoisotopic (exact) mass is 223 g/mol. The lowest BCUT2D eigenvalue weighted by atomic mass is 10.1. The highest BCUT2D eigenvalue weighted by Crippen LogP contribution is 2.43. The average molecular weight is 223 g/mol. The van der Waals surface area contributed by atoms with Crippen molar-refractivity contribution in [1.82, 2.24) is 25.5 Å². The highest BCUT2D eigenvalue weighted by atomic mass is 16.5. The van der Waals surface area contributed by atoms with Crippen molar-refractivity contribution in [2.24, 2.45) is 5.92 Å². The van der Waals surface area contributed by atoms with Crippen molar-refractivity contribution in [3.63, 3.8) is 0 Å². The van der Waals surface area contributed by atoms with Crippen LogP contribution in [0, 0.1) is 5.92 Å². The van der Waals surface area contributed by atoms with E-state index in [4.69, 9.17) is 4.74 Å². The number of rotatable bonds is 4. The van der Waals surface area contributed by atoms with Gasteiger partial charge in [-0.15, -0.1) is 5.10 Å². The smallest absolute Gasteiger partial charge is 0.165 e. The molecule has 1 aromatic rings. The van der Waals surface area contributed by atoms with Gasteiger partial charge in [-0.1, -0.05) is 0 Å². The lowest BCUT2D eigenvalue weighted by Crippen LogP contribution is -2.26. The molecule has 1 N–H and O–H groups in total. The molecular weight excluding hydrogens is 206 g/mol. The van der Waals surface area contributed by atoms with Gasteiger partial charge in [0.15, 0.2) is 5.82 Å². The number of nitrogens with one attached hydrogen (secondary N) is 1. The largest absolute Gasteiger partial charge is 0.376 e. The second-order valence-corrected chi connectivity index (χ2v) is 4.60. The molecule has 6 nitrogen and oxygen atoms in total. The summed E-state index contributed by atoms with van der Waals surface area (Å²) in [6.45, 7) is 1.55. The van der Waals surface area contributed by atoms with Crippen LogP contribution in [0.1, 0.15) is 31.1 Å². The van der Waals surface area contributed by atoms with E-state index in [1.165, 1.54) is 12.8 Å². The lowest BCUT2D eigenvalue weighted by molar-refractivity contribution is 0.0714. The van der Waals surface area contributed by atoms with Gasteiger partial charge in [-0.3, -0.25) is 0 Å². The van der Waals surface area contributed by atoms with E-state index in [2.05, 4.69) is 20.8 Å². The molecule has 2 atom stereocenters. The highest BCUT2D eigenvalue weighted by Gasteiger charge is 2.42. The summed E-state index contributed by atoms with van der Waals surface area (Å²) >= 11 is 0. The predicted octanol–water partition coefficient (Wildman–Crippen LogP) is 0.132. The van der Waals surface area contributed by atoms with E-state index in [1.54, 1.807) is 0 Å². The first kappa shape index (κ1) is 10.2. The summed E-state index contributed by atoms with van der Waals surface area (Å²) in [5.41, 5.74) is 0. The van der Waals surface area contributed by atoms with Gasteiger partial charge in [0.05, 0.1) is 18.7 Å². The van der Waals surface area contributed by atoms with Crippen LogP contribution in [0.3, 0.4) is 0 Å². The highest BCUT2D eigenvalue weighted by molar-refractivity contribution is 4.95. The van der Waals surface area contributed by atoms with Gasteiger partial charge >= 0.3 is 0 Å². The van der Waals surface area contributed by atoms with Crippen molar-refractivity contribution in [1.29, 1.82) is 0 Å². The fourth-order valence-electron chi connectivity index (χ4n) is 2.48. The van der Waals surface area contributed by atoms with E-state index in [0.29, 0.717) is 18.7 Å². The number of ether oxygens (including phenoxy) is 1. The number of hydrogen-bond donors (Lipinski definition) is 1. The van der Waals surface area contributed by atoms with Crippen LogP contribution in [0.2, 0.25) is 0 Å². The van der Waals surface area contributed by atoms with Gasteiger partial charge in [-0.2, -0.15) is 0 Å². The van der Waals surface area contributed by atoms with Gasteiger partial charge in [-0.25, -0.2) is 4.68 Å². The molecule has 2 fully saturated rings. The first-order valence-corrected chi connectivity index (χ1v) is 5.93. The Labute approximate surface area is 94.4 Å². The molecule has 1 aromatic heterocycles. The molecule has 2 aliphatic rings. The standard InChI is InChI=1S/C10H17N5O/c1-11-6-9-12-13-14-15(9)8-4-5-16-10(8)7-2-3-7/h7-8,10-11H,2-6H2,1H3. The number of aromatic nitrogens is 4. The van der Waals surface area contributed by atoms with Crippen LogP contribution in [0.4, 0.5) is 0 Å². The minimum atomic E-state index is 0.333. The average Bonchev–Trinajstić information content (AvgIpc) is 2.85. The molecule has 1 saturated carbocycles. The van der Waals surface area contributed by atoms with E-state index >= 15 is 0 Å². The van der Waals surface area contributed by atoms with Gasteiger partial charge in [0.25, 0.3) is 0 Å². The molecule has 0 bridgehead atoms. The first-order valence-electron chi connectivity index (χ1n) is 5.93. The van der Waals surface area contributed by atoms with Crippen molar-refractivity contribution in [3.8, 4) is 0 Å². The Bertz CT molecular complexity index is 362. The van der Waals surface area contributed by atoms with Crippen molar-refractivity contribution >= 4 is 0 Å². The SMILES string of the molecule is CNCc1nnnn1C1CCOC1C1CC1. The molecule has 1 saturated heterocycles. The van der Waals surface area contributed by atoms with Gasteiger partial charge in [0.1, 0.15) is 0 Å². The quantitative estimate of drug-likeness (QED) is 0.786. The maximum atomic E-state index is 5.81. The number of hydrogen-bond acceptors (Lipinski definition) is 5. The predicted molar refractivity (Wildman–Crippen MR) is 56.7 cm³/mol. The molecule has 16 heavy (non-hydrogen) atoms. The molecular formula is C10H17N5O. The summed E-state index contributed by atoms with van der Waals surface area (Å²) in [5.74, 6) is 1.64. The van der Waals surface area contributed by atoms with Crippen LogP contribution in [0.15, 0.2) is 0 Å². The van der Waals surface area contributed by atoms with Gasteiger partial charge < -0.3 is 10.1 Å². The summed E-state index contributed by atoms with van der Waals surface area (Å²) in [7, 11) is 1.91. The molecule has 3 rings (SSSR count). The fraction of sp³-hybridized carbons (Fsp3) is 0.900. The van der Waals surface area contributed by atoms with Crippen molar-refractivity contribution in [2.75, 3.05) is 13.7 Å². The first-order chi connectivity index (χ1) is 7.90. The Balaban J connectivity index is 1.81. The lowest BCUT2D eigenvalue weighted by Gasteiger charge is -2.18. The third-order valence-corrected chi connectivity index (χ3v) is 3.40. The van der Waals surface area contributed by atoms with Crippen molar-refractivity contribution in [2.45, 2.75) is 38.0 Å². The molecule has 0 aromatic carbocycles. The van der Waals surface area contributed by atoms with E-state index in [-0.39, 0.29) is 0 Å². The Morgan fingerprint density at radius 3 is 3.06 bits per heavy atom. The molecule has 6 heteroatoms. The zero-order valence-corrected chi connectivity index (χ0v) is 9.46. The summed E-state index contributed by atoms with van der Waals surface area (Å²) in [6.07, 6.45) is 3.96. The van der Waals surface area contributed by atoms with E-state index in [9.17, 15) is 0 Å². The summed E-state index contributed by atoms with van der Waals surface area (Å²) in [5, 5.41) is 15.0. The molecule has 0 radical (unpaired) electrons. The minimum absolute atomic E-state index is 0.333. The Morgan fingerprint density at radius 2 is 2.31 bits per heavy atom. The third-order valence-electron chi connectivity index (χ3n) is 3.40. The second-order valence-electron chi connectivity index (χ2n) is 4.60. The van der Waals surface area contributed by atoms with Crippen LogP contribution >= 0.6 is 0 Å². The van der Waals surface area contributed by atoms with Crippen molar-refractivity contribution in [3.05, 3.63) is 5.82 Å². The van der Waals surface area contributed by atoms with Crippen LogP contribution in [0.25, 0.3) is 0 Å². The molecule has 0 spiro atoms. The summed E-state index contributed by atoms with van der Waals surface area (Å²) < 4.78 is 7.76. The molecule has 2 unspecified atom stereocenters. The molecule has 1 aliphatic heterocycles. The Morgan fingerprint density at radius 1 is 1.44 bits per heavy atom. The van der Waals surface area contributed by atoms with E-state index in [0.717, 1.165) is 24.8 Å². The Kier molecular flexibility index (Phi) is 2.61. The van der Waals surface area contributed by atoms with Crippen LogP contribution in [-0.2, 0) is 11.3 Å². The van der Waals surface area contributed by atoms with Gasteiger partial charge in [0, 0.05) is 6.61 Å². The second kappa shape index (κ2) is 4.10. The van der Waals surface area contributed by atoms with Gasteiger partial charge in [0.2, 0.25) is 0 Å². The topological polar surface area (TPSA) is 64.9 Å². The van der Waals surface area contributed by atoms with Crippen LogP contribution in [0.5, 0.6) is 0 Å². The van der Waals surface area contributed by atoms with Crippen LogP contribution in [-0.4, -0.2) is 40.0 Å². The molecule has 2 heterocycles. The summed E-state index contributed by atoms with van der Waals surface area (Å²) in [6, 6.07) is 0.339. The molecule has 1 aliphatic carbocycles. The number of nitrogens with zero attached hydrogens (tertiary/aromatic N) is 4. The van der Waals surface area contributed by atoms with Gasteiger partial charge in [-0.05, 0) is 42.7 Å². The zero-order valence-electron chi connectivity index (χ0n) is 9.46. The molecule has 0 amide bonds. The zero-order chi connectivity index (χ0) is 11.0. The summed E-state index contributed by atoms with van der Waals surface area (Å²) in [4.78, 5) is 0. The third kappa shape index (κ3) is 1.72. The Hall–Kier alpha value is -1.01. The maximum Gasteiger partial charge on any atom is 0.165 e. The van der Waals surface area contributed by atoms with Crippen LogP contribution < -0.4 is 5.32 Å². The fourth-order valence-corrected chi connectivity index (χ4v) is 2.48. The van der Waals surface area contributed by atoms with Crippen molar-refractivity contribution < 1.29 is 4.74 Å². The van der Waals surface area contributed by atoms with E-state index in [1.807, 2.05) is 11.7 Å². The molecule has 88 valence electrons. The van der Waals surface area contributed by atoms with E-state index < -0.39 is 0 Å².